The van der Waals surface area contributed by atoms with Gasteiger partial charge < -0.3 is 11.1 Å². The van der Waals surface area contributed by atoms with Gasteiger partial charge in [-0.15, -0.1) is 5.10 Å². The highest BCUT2D eigenvalue weighted by atomic mass is 16.6. The van der Waals surface area contributed by atoms with Crippen molar-refractivity contribution in [1.82, 2.24) is 10.2 Å². The summed E-state index contributed by atoms with van der Waals surface area (Å²) in [5.74, 6) is -0.347. The Bertz CT molecular complexity index is 629. The summed E-state index contributed by atoms with van der Waals surface area (Å²) in [6.45, 7) is 0. The first kappa shape index (κ1) is 12.4. The Morgan fingerprint density at radius 1 is 1.32 bits per heavy atom. The number of anilines is 2. The van der Waals surface area contributed by atoms with Gasteiger partial charge in [-0.05, 0) is 18.2 Å². The Kier molecular flexibility index (Phi) is 3.33. The third kappa shape index (κ3) is 2.63. The zero-order valence-corrected chi connectivity index (χ0v) is 9.61. The standard InChI is InChI=1S/C11H9N5O3/c12-10-7(3-1-4-8(10)16(18)19)11(17)14-9-5-2-6-13-15-9/h1-6H,12H2,(H,14,15,17). The van der Waals surface area contributed by atoms with Crippen LogP contribution in [0.2, 0.25) is 0 Å². The number of hydrogen-bond donors (Lipinski definition) is 2. The van der Waals surface area contributed by atoms with Gasteiger partial charge in [0.15, 0.2) is 5.82 Å². The minimum absolute atomic E-state index is 0.0138. The van der Waals surface area contributed by atoms with Crippen molar-refractivity contribution >= 4 is 23.1 Å². The van der Waals surface area contributed by atoms with Crippen molar-refractivity contribution in [2.24, 2.45) is 0 Å². The lowest BCUT2D eigenvalue weighted by Crippen LogP contribution is -2.15. The number of rotatable bonds is 3. The molecule has 0 fully saturated rings. The summed E-state index contributed by atoms with van der Waals surface area (Å²) in [6, 6.07) is 7.15. The molecule has 0 aliphatic rings. The van der Waals surface area contributed by atoms with Crippen LogP contribution >= 0.6 is 0 Å². The number of amides is 1. The number of nitrogens with zero attached hydrogens (tertiary/aromatic N) is 3. The Labute approximate surface area is 107 Å². The fraction of sp³-hybridized carbons (Fsp3) is 0. The van der Waals surface area contributed by atoms with E-state index in [9.17, 15) is 14.9 Å². The number of carbonyl (C=O) groups is 1. The van der Waals surface area contributed by atoms with E-state index < -0.39 is 10.8 Å². The highest BCUT2D eigenvalue weighted by Crippen LogP contribution is 2.25. The number of para-hydroxylation sites is 1. The smallest absolute Gasteiger partial charge is 0.292 e. The van der Waals surface area contributed by atoms with E-state index in [1.54, 1.807) is 12.1 Å². The zero-order valence-electron chi connectivity index (χ0n) is 9.61. The number of nitro benzene ring substituents is 1. The van der Waals surface area contributed by atoms with Gasteiger partial charge in [0.25, 0.3) is 11.6 Å². The minimum Gasteiger partial charge on any atom is -0.393 e. The van der Waals surface area contributed by atoms with Crippen LogP contribution in [0.3, 0.4) is 0 Å². The van der Waals surface area contributed by atoms with Crippen LogP contribution in [0.15, 0.2) is 36.5 Å². The van der Waals surface area contributed by atoms with Gasteiger partial charge in [-0.1, -0.05) is 6.07 Å². The molecule has 0 aliphatic carbocycles. The van der Waals surface area contributed by atoms with Crippen molar-refractivity contribution in [3.8, 4) is 0 Å². The van der Waals surface area contributed by atoms with Gasteiger partial charge in [-0.25, -0.2) is 0 Å². The van der Waals surface area contributed by atoms with Gasteiger partial charge in [0.1, 0.15) is 5.69 Å². The molecule has 0 saturated carbocycles. The number of aromatic nitrogens is 2. The molecule has 96 valence electrons. The summed E-state index contributed by atoms with van der Waals surface area (Å²) in [5, 5.41) is 20.4. The second-order valence-corrected chi connectivity index (χ2v) is 3.56. The molecule has 0 radical (unpaired) electrons. The predicted molar refractivity (Wildman–Crippen MR) is 67.5 cm³/mol. The summed E-state index contributed by atoms with van der Waals surface area (Å²) < 4.78 is 0. The van der Waals surface area contributed by atoms with E-state index in [2.05, 4.69) is 15.5 Å². The van der Waals surface area contributed by atoms with Gasteiger partial charge in [0, 0.05) is 12.3 Å². The maximum Gasteiger partial charge on any atom is 0.292 e. The molecule has 1 amide bonds. The Balaban J connectivity index is 2.30. The number of nitro groups is 1. The second kappa shape index (κ2) is 5.08. The molecule has 0 unspecified atom stereocenters. The van der Waals surface area contributed by atoms with Gasteiger partial charge in [-0.3, -0.25) is 14.9 Å². The average Bonchev–Trinajstić information content (AvgIpc) is 2.39. The maximum atomic E-state index is 11.9. The molecule has 0 spiro atoms. The van der Waals surface area contributed by atoms with Gasteiger partial charge >= 0.3 is 0 Å². The molecule has 0 aliphatic heterocycles. The van der Waals surface area contributed by atoms with Gasteiger partial charge in [-0.2, -0.15) is 5.10 Å². The Hall–Kier alpha value is -3.03. The highest BCUT2D eigenvalue weighted by Gasteiger charge is 2.19. The molecule has 1 aromatic carbocycles. The lowest BCUT2D eigenvalue weighted by molar-refractivity contribution is -0.383. The SMILES string of the molecule is Nc1c(C(=O)Nc2cccnn2)cccc1[N+](=O)[O-]. The molecule has 0 bridgehead atoms. The van der Waals surface area contributed by atoms with E-state index in [4.69, 9.17) is 5.73 Å². The molecule has 2 rings (SSSR count). The second-order valence-electron chi connectivity index (χ2n) is 3.56. The van der Waals surface area contributed by atoms with Crippen LogP contribution in [0.25, 0.3) is 0 Å². The lowest BCUT2D eigenvalue weighted by Gasteiger charge is -2.06. The van der Waals surface area contributed by atoms with Crippen molar-refractivity contribution in [3.05, 3.63) is 52.2 Å². The average molecular weight is 259 g/mol. The van der Waals surface area contributed by atoms with E-state index in [1.165, 1.54) is 24.4 Å². The first-order valence-electron chi connectivity index (χ1n) is 5.21. The first-order chi connectivity index (χ1) is 9.09. The molecule has 8 nitrogen and oxygen atoms in total. The van der Waals surface area contributed by atoms with Crippen LogP contribution in [0, 0.1) is 10.1 Å². The van der Waals surface area contributed by atoms with Gasteiger partial charge in [0.05, 0.1) is 10.5 Å². The molecule has 8 heteroatoms. The third-order valence-corrected chi connectivity index (χ3v) is 2.34. The Morgan fingerprint density at radius 3 is 2.74 bits per heavy atom. The van der Waals surface area contributed by atoms with Crippen LogP contribution in [0.1, 0.15) is 10.4 Å². The monoisotopic (exact) mass is 259 g/mol. The third-order valence-electron chi connectivity index (χ3n) is 2.34. The number of nitrogens with one attached hydrogen (secondary N) is 1. The lowest BCUT2D eigenvalue weighted by atomic mass is 10.1. The fourth-order valence-electron chi connectivity index (χ4n) is 1.46. The molecule has 1 aromatic heterocycles. The van der Waals surface area contributed by atoms with Crippen molar-refractivity contribution < 1.29 is 9.72 Å². The van der Waals surface area contributed by atoms with E-state index in [0.717, 1.165) is 0 Å². The number of benzene rings is 1. The normalized spacial score (nSPS) is 9.89. The van der Waals surface area contributed by atoms with Crippen LogP contribution in [-0.4, -0.2) is 21.0 Å². The molecule has 19 heavy (non-hydrogen) atoms. The summed E-state index contributed by atoms with van der Waals surface area (Å²) >= 11 is 0. The largest absolute Gasteiger partial charge is 0.393 e. The first-order valence-corrected chi connectivity index (χ1v) is 5.21. The fourth-order valence-corrected chi connectivity index (χ4v) is 1.46. The summed E-state index contributed by atoms with van der Waals surface area (Å²) in [5.41, 5.74) is 5.11. The van der Waals surface area contributed by atoms with Crippen molar-refractivity contribution in [2.45, 2.75) is 0 Å². The topological polar surface area (TPSA) is 124 Å². The van der Waals surface area contributed by atoms with Crippen molar-refractivity contribution in [1.29, 1.82) is 0 Å². The highest BCUT2D eigenvalue weighted by molar-refractivity contribution is 6.08. The number of nitrogens with two attached hydrogens (primary N) is 1. The molecule has 0 saturated heterocycles. The van der Waals surface area contributed by atoms with E-state index >= 15 is 0 Å². The van der Waals surface area contributed by atoms with E-state index in [0.29, 0.717) is 0 Å². The van der Waals surface area contributed by atoms with E-state index in [-0.39, 0.29) is 22.8 Å². The molecule has 2 aromatic rings. The van der Waals surface area contributed by atoms with Gasteiger partial charge in [0.2, 0.25) is 0 Å². The Morgan fingerprint density at radius 2 is 2.11 bits per heavy atom. The molecule has 0 atom stereocenters. The van der Waals surface area contributed by atoms with Crippen molar-refractivity contribution in [2.75, 3.05) is 11.1 Å². The van der Waals surface area contributed by atoms with Crippen LogP contribution in [0.5, 0.6) is 0 Å². The number of nitrogen functional groups attached to an aromatic ring is 1. The quantitative estimate of drug-likeness (QED) is 0.485. The van der Waals surface area contributed by atoms with Crippen LogP contribution < -0.4 is 11.1 Å². The maximum absolute atomic E-state index is 11.9. The number of carbonyl (C=O) groups excluding carboxylic acids is 1. The van der Waals surface area contributed by atoms with E-state index in [1.807, 2.05) is 0 Å². The summed E-state index contributed by atoms with van der Waals surface area (Å²) in [7, 11) is 0. The van der Waals surface area contributed by atoms with Crippen molar-refractivity contribution in [3.63, 3.8) is 0 Å². The minimum atomic E-state index is -0.644. The molecular weight excluding hydrogens is 250 g/mol. The molecule has 3 N–H and O–H groups in total. The molecule has 1 heterocycles. The van der Waals surface area contributed by atoms with Crippen LogP contribution in [0.4, 0.5) is 17.2 Å². The molecular formula is C11H9N5O3. The zero-order chi connectivity index (χ0) is 13.8. The summed E-state index contributed by atoms with van der Waals surface area (Å²) in [4.78, 5) is 22.0. The number of hydrogen-bond acceptors (Lipinski definition) is 6. The summed E-state index contributed by atoms with van der Waals surface area (Å²) in [6.07, 6.45) is 1.46. The predicted octanol–water partition coefficient (Wildman–Crippen LogP) is 1.22. The van der Waals surface area contributed by atoms with Crippen LogP contribution in [-0.2, 0) is 0 Å².